The summed E-state index contributed by atoms with van der Waals surface area (Å²) in [4.78, 5) is 14.2. The van der Waals surface area contributed by atoms with Crippen molar-refractivity contribution in [2.45, 2.75) is 25.7 Å². The lowest BCUT2D eigenvalue weighted by atomic mass is 9.88. The SMILES string of the molecule is CN(CC(N)=S)C(=O)C1CC2CCC1C2. The summed E-state index contributed by atoms with van der Waals surface area (Å²) in [6, 6.07) is 0. The van der Waals surface area contributed by atoms with E-state index in [0.29, 0.717) is 17.5 Å². The van der Waals surface area contributed by atoms with Crippen molar-refractivity contribution < 1.29 is 4.79 Å². The number of carbonyl (C=O) groups is 1. The Kier molecular flexibility index (Phi) is 2.96. The van der Waals surface area contributed by atoms with Gasteiger partial charge in [0.25, 0.3) is 0 Å². The van der Waals surface area contributed by atoms with Crippen LogP contribution < -0.4 is 5.73 Å². The first-order valence-corrected chi connectivity index (χ1v) is 6.02. The van der Waals surface area contributed by atoms with E-state index in [-0.39, 0.29) is 11.8 Å². The molecule has 0 aromatic carbocycles. The number of thiocarbonyl (C=S) groups is 1. The lowest BCUT2D eigenvalue weighted by molar-refractivity contribution is -0.135. The number of rotatable bonds is 3. The number of likely N-dealkylation sites (N-methyl/N-ethyl adjacent to an activating group) is 1. The van der Waals surface area contributed by atoms with E-state index < -0.39 is 0 Å². The van der Waals surface area contributed by atoms with Crippen molar-refractivity contribution in [2.75, 3.05) is 13.6 Å². The summed E-state index contributed by atoms with van der Waals surface area (Å²) >= 11 is 4.82. The van der Waals surface area contributed by atoms with E-state index in [9.17, 15) is 4.79 Å². The van der Waals surface area contributed by atoms with Crippen LogP contribution in [-0.2, 0) is 4.79 Å². The van der Waals surface area contributed by atoms with Gasteiger partial charge in [-0.2, -0.15) is 0 Å². The zero-order valence-electron chi connectivity index (χ0n) is 9.11. The van der Waals surface area contributed by atoms with Gasteiger partial charge >= 0.3 is 0 Å². The predicted molar refractivity (Wildman–Crippen MR) is 63.4 cm³/mol. The third kappa shape index (κ3) is 2.14. The quantitative estimate of drug-likeness (QED) is 0.735. The Morgan fingerprint density at radius 1 is 1.47 bits per heavy atom. The summed E-state index contributed by atoms with van der Waals surface area (Å²) in [6.45, 7) is 0.419. The lowest BCUT2D eigenvalue weighted by Gasteiger charge is -2.26. The van der Waals surface area contributed by atoms with E-state index in [0.717, 1.165) is 12.3 Å². The average Bonchev–Trinajstić information content (AvgIpc) is 2.76. The van der Waals surface area contributed by atoms with Crippen LogP contribution in [0, 0.1) is 17.8 Å². The molecule has 0 heterocycles. The molecule has 2 aliphatic rings. The molecule has 2 rings (SSSR count). The standard InChI is InChI=1S/C11H18N2OS/c1-13(6-10(12)15)11(14)9-5-7-2-3-8(9)4-7/h7-9H,2-6H2,1H3,(H2,12,15). The molecule has 84 valence electrons. The minimum Gasteiger partial charge on any atom is -0.392 e. The van der Waals surface area contributed by atoms with Crippen molar-refractivity contribution in [3.63, 3.8) is 0 Å². The van der Waals surface area contributed by atoms with Gasteiger partial charge < -0.3 is 10.6 Å². The van der Waals surface area contributed by atoms with E-state index >= 15 is 0 Å². The van der Waals surface area contributed by atoms with Crippen molar-refractivity contribution >= 4 is 23.1 Å². The summed E-state index contributed by atoms with van der Waals surface area (Å²) in [7, 11) is 1.80. The fraction of sp³-hybridized carbons (Fsp3) is 0.818. The molecule has 0 spiro atoms. The fourth-order valence-electron chi connectivity index (χ4n) is 3.14. The summed E-state index contributed by atoms with van der Waals surface area (Å²) in [6.07, 6.45) is 4.91. The van der Waals surface area contributed by atoms with Gasteiger partial charge in [-0.05, 0) is 31.1 Å². The number of nitrogens with two attached hydrogens (primary N) is 1. The molecule has 3 unspecified atom stereocenters. The number of amides is 1. The van der Waals surface area contributed by atoms with Crippen LogP contribution in [-0.4, -0.2) is 29.4 Å². The van der Waals surface area contributed by atoms with E-state index in [4.69, 9.17) is 18.0 Å². The predicted octanol–water partition coefficient (Wildman–Crippen LogP) is 1.17. The van der Waals surface area contributed by atoms with E-state index in [1.807, 2.05) is 0 Å². The van der Waals surface area contributed by atoms with E-state index in [2.05, 4.69) is 0 Å². The third-order valence-corrected chi connectivity index (χ3v) is 3.95. The Morgan fingerprint density at radius 3 is 2.67 bits per heavy atom. The lowest BCUT2D eigenvalue weighted by Crippen LogP contribution is -2.39. The van der Waals surface area contributed by atoms with E-state index in [1.54, 1.807) is 11.9 Å². The highest BCUT2D eigenvalue weighted by Gasteiger charge is 2.43. The number of hydrogen-bond acceptors (Lipinski definition) is 2. The second-order valence-electron chi connectivity index (χ2n) is 4.94. The molecule has 3 nitrogen and oxygen atoms in total. The average molecular weight is 226 g/mol. The fourth-order valence-corrected chi connectivity index (χ4v) is 3.34. The molecule has 0 saturated heterocycles. The Morgan fingerprint density at radius 2 is 2.20 bits per heavy atom. The summed E-state index contributed by atoms with van der Waals surface area (Å²) in [5, 5.41) is 0. The van der Waals surface area contributed by atoms with E-state index in [1.165, 1.54) is 19.3 Å². The minimum absolute atomic E-state index is 0.245. The Labute approximate surface area is 96.0 Å². The molecule has 2 fully saturated rings. The van der Waals surface area contributed by atoms with Gasteiger partial charge in [0.15, 0.2) is 0 Å². The number of hydrogen-bond donors (Lipinski definition) is 1. The van der Waals surface area contributed by atoms with Crippen LogP contribution in [0.4, 0.5) is 0 Å². The maximum Gasteiger partial charge on any atom is 0.226 e. The topological polar surface area (TPSA) is 46.3 Å². The van der Waals surface area contributed by atoms with Crippen LogP contribution >= 0.6 is 12.2 Å². The molecule has 2 bridgehead atoms. The first-order valence-electron chi connectivity index (χ1n) is 5.61. The van der Waals surface area contributed by atoms with Gasteiger partial charge in [-0.15, -0.1) is 0 Å². The molecular formula is C11H18N2OS. The zero-order chi connectivity index (χ0) is 11.0. The van der Waals surface area contributed by atoms with Crippen LogP contribution in [0.3, 0.4) is 0 Å². The second kappa shape index (κ2) is 4.08. The summed E-state index contributed by atoms with van der Waals surface area (Å²) in [5.41, 5.74) is 5.44. The van der Waals surface area contributed by atoms with Crippen molar-refractivity contribution in [2.24, 2.45) is 23.5 Å². The summed E-state index contributed by atoms with van der Waals surface area (Å²) < 4.78 is 0. The molecule has 4 heteroatoms. The number of nitrogens with zero attached hydrogens (tertiary/aromatic N) is 1. The normalized spacial score (nSPS) is 33.0. The van der Waals surface area contributed by atoms with Crippen LogP contribution in [0.25, 0.3) is 0 Å². The minimum atomic E-state index is 0.245. The molecule has 0 aromatic rings. The molecule has 0 aliphatic heterocycles. The van der Waals surface area contributed by atoms with Gasteiger partial charge in [0.1, 0.15) is 0 Å². The molecule has 0 radical (unpaired) electrons. The maximum absolute atomic E-state index is 12.1. The van der Waals surface area contributed by atoms with Crippen LogP contribution in [0.2, 0.25) is 0 Å². The van der Waals surface area contributed by atoms with Gasteiger partial charge in [0.05, 0.1) is 11.5 Å². The van der Waals surface area contributed by atoms with Gasteiger partial charge in [-0.25, -0.2) is 0 Å². The highest BCUT2D eigenvalue weighted by molar-refractivity contribution is 7.80. The molecule has 2 saturated carbocycles. The van der Waals surface area contributed by atoms with Crippen molar-refractivity contribution in [3.8, 4) is 0 Å². The third-order valence-electron chi connectivity index (χ3n) is 3.82. The largest absolute Gasteiger partial charge is 0.392 e. The Hall–Kier alpha value is -0.640. The van der Waals surface area contributed by atoms with Crippen molar-refractivity contribution in [1.29, 1.82) is 0 Å². The van der Waals surface area contributed by atoms with Gasteiger partial charge in [0, 0.05) is 13.0 Å². The Balaban J connectivity index is 1.93. The van der Waals surface area contributed by atoms with Crippen LogP contribution in [0.15, 0.2) is 0 Å². The van der Waals surface area contributed by atoms with Crippen LogP contribution in [0.1, 0.15) is 25.7 Å². The monoisotopic (exact) mass is 226 g/mol. The molecule has 2 N–H and O–H groups in total. The molecule has 2 aliphatic carbocycles. The highest BCUT2D eigenvalue weighted by Crippen LogP contribution is 2.48. The van der Waals surface area contributed by atoms with Gasteiger partial charge in [0.2, 0.25) is 5.91 Å². The Bertz CT molecular complexity index is 292. The number of fused-ring (bicyclic) bond motifs is 2. The zero-order valence-corrected chi connectivity index (χ0v) is 9.93. The second-order valence-corrected chi connectivity index (χ2v) is 5.47. The first kappa shape index (κ1) is 10.9. The first-order chi connectivity index (χ1) is 7.08. The molecule has 15 heavy (non-hydrogen) atoms. The molecule has 3 atom stereocenters. The van der Waals surface area contributed by atoms with Crippen molar-refractivity contribution in [1.82, 2.24) is 4.90 Å². The van der Waals surface area contributed by atoms with Gasteiger partial charge in [-0.1, -0.05) is 18.6 Å². The van der Waals surface area contributed by atoms with Crippen molar-refractivity contribution in [3.05, 3.63) is 0 Å². The van der Waals surface area contributed by atoms with Gasteiger partial charge in [-0.3, -0.25) is 4.79 Å². The molecule has 1 amide bonds. The summed E-state index contributed by atoms with van der Waals surface area (Å²) in [5.74, 6) is 1.94. The molecule has 0 aromatic heterocycles. The highest BCUT2D eigenvalue weighted by atomic mass is 32.1. The smallest absolute Gasteiger partial charge is 0.226 e. The number of carbonyl (C=O) groups excluding carboxylic acids is 1. The molecular weight excluding hydrogens is 208 g/mol. The maximum atomic E-state index is 12.1. The van der Waals surface area contributed by atoms with Crippen LogP contribution in [0.5, 0.6) is 0 Å².